The van der Waals surface area contributed by atoms with Crippen LogP contribution in [-0.4, -0.2) is 78.3 Å². The van der Waals surface area contributed by atoms with E-state index in [1.807, 2.05) is 19.2 Å². The molecule has 2 aromatic rings. The van der Waals surface area contributed by atoms with E-state index in [2.05, 4.69) is 36.1 Å². The third-order valence-corrected chi connectivity index (χ3v) is 7.43. The Balaban J connectivity index is 0.000000500. The lowest BCUT2D eigenvalue weighted by Crippen LogP contribution is -2.46. The number of nitrogens with zero attached hydrogens (tertiary/aromatic N) is 3. The largest absolute Gasteiger partial charge is 0.481 e. The number of morpholine rings is 1. The van der Waals surface area contributed by atoms with Crippen molar-refractivity contribution in [3.8, 4) is 0 Å². The molecule has 1 aromatic heterocycles. The molecule has 3 heterocycles. The van der Waals surface area contributed by atoms with Gasteiger partial charge in [0.15, 0.2) is 10.8 Å². The quantitative estimate of drug-likeness (QED) is 0.322. The first-order chi connectivity index (χ1) is 19.8. The van der Waals surface area contributed by atoms with E-state index in [1.54, 1.807) is 32.2 Å². The van der Waals surface area contributed by atoms with Gasteiger partial charge in [-0.25, -0.2) is 14.2 Å². The minimum absolute atomic E-state index is 0.0529. The molecule has 0 bridgehead atoms. The second-order valence-corrected chi connectivity index (χ2v) is 11.0. The number of carboxylic acids is 1. The number of rotatable bonds is 10. The standard InChI is InChI=1S/C21H30N4O5S.C6H4BrF.C2H6/c1-3-29-21(28)16-11-23-18(19-22-7-10-31-19)24-17(16)13-25-8-9-30-15(12-25)6-4-5-14(2)20(26)27;7-5-2-1-3-6(8)4-5;1-2/h7,10,14-15H,3-6,8-9,11-13H2,1-2H3,(H,23,24)(H,26,27);1-4H;1-2H3/t14?,15-;;/m1../s1. The number of halogens is 2. The van der Waals surface area contributed by atoms with E-state index >= 15 is 0 Å². The first-order valence-corrected chi connectivity index (χ1v) is 15.5. The fraction of sp³-hybridized carbons (Fsp3) is 0.517. The van der Waals surface area contributed by atoms with Gasteiger partial charge < -0.3 is 19.9 Å². The minimum atomic E-state index is -0.759. The Morgan fingerprint density at radius 3 is 2.76 bits per heavy atom. The summed E-state index contributed by atoms with van der Waals surface area (Å²) in [5.74, 6) is -0.984. The number of thiazole rings is 1. The first-order valence-electron chi connectivity index (χ1n) is 13.8. The Kier molecular flexibility index (Phi) is 15.7. The van der Waals surface area contributed by atoms with Crippen LogP contribution in [-0.2, 0) is 19.1 Å². The number of aliphatic imine (C=N–C) groups is 1. The molecule has 41 heavy (non-hydrogen) atoms. The molecule has 0 amide bonds. The molecule has 1 aromatic carbocycles. The van der Waals surface area contributed by atoms with Crippen LogP contribution in [0.2, 0.25) is 0 Å². The molecule has 226 valence electrons. The molecular weight excluding hydrogens is 615 g/mol. The van der Waals surface area contributed by atoms with E-state index in [0.29, 0.717) is 37.6 Å². The van der Waals surface area contributed by atoms with Crippen molar-refractivity contribution in [1.82, 2.24) is 15.2 Å². The molecule has 12 heteroatoms. The summed E-state index contributed by atoms with van der Waals surface area (Å²) >= 11 is 4.61. The Hall–Kier alpha value is -2.67. The van der Waals surface area contributed by atoms with Crippen molar-refractivity contribution in [2.45, 2.75) is 53.1 Å². The van der Waals surface area contributed by atoms with Gasteiger partial charge in [0.2, 0.25) is 0 Å². The van der Waals surface area contributed by atoms with Gasteiger partial charge in [0.05, 0.1) is 37.4 Å². The monoisotopic (exact) mass is 654 g/mol. The van der Waals surface area contributed by atoms with Crippen molar-refractivity contribution < 1.29 is 28.6 Å². The average Bonchev–Trinajstić information content (AvgIpc) is 3.50. The molecule has 4 rings (SSSR count). The van der Waals surface area contributed by atoms with Gasteiger partial charge in [0.25, 0.3) is 0 Å². The molecule has 2 aliphatic rings. The van der Waals surface area contributed by atoms with E-state index in [9.17, 15) is 14.0 Å². The Morgan fingerprint density at radius 2 is 2.15 bits per heavy atom. The zero-order chi connectivity index (χ0) is 30.2. The lowest BCUT2D eigenvalue weighted by molar-refractivity contribution is -0.141. The molecule has 9 nitrogen and oxygen atoms in total. The summed E-state index contributed by atoms with van der Waals surface area (Å²) in [4.78, 5) is 34.5. The molecule has 0 radical (unpaired) electrons. The zero-order valence-corrected chi connectivity index (χ0v) is 26.5. The van der Waals surface area contributed by atoms with Crippen molar-refractivity contribution in [3.63, 3.8) is 0 Å². The Bertz CT molecular complexity index is 1140. The van der Waals surface area contributed by atoms with Crippen LogP contribution in [0.5, 0.6) is 0 Å². The van der Waals surface area contributed by atoms with E-state index < -0.39 is 5.97 Å². The maximum Gasteiger partial charge on any atom is 0.337 e. The summed E-state index contributed by atoms with van der Waals surface area (Å²) < 4.78 is 24.0. The molecule has 0 spiro atoms. The number of hydrogen-bond acceptors (Lipinski definition) is 9. The second-order valence-electron chi connectivity index (χ2n) is 9.14. The van der Waals surface area contributed by atoms with Gasteiger partial charge in [0, 0.05) is 41.4 Å². The fourth-order valence-electron chi connectivity index (χ4n) is 4.07. The van der Waals surface area contributed by atoms with Gasteiger partial charge in [-0.3, -0.25) is 14.7 Å². The van der Waals surface area contributed by atoms with Crippen LogP contribution in [0.15, 0.2) is 56.6 Å². The highest BCUT2D eigenvalue weighted by atomic mass is 79.9. The number of carboxylic acid groups (broad SMARTS) is 1. The van der Waals surface area contributed by atoms with Gasteiger partial charge in [-0.1, -0.05) is 42.8 Å². The minimum Gasteiger partial charge on any atom is -0.481 e. The Morgan fingerprint density at radius 1 is 1.37 bits per heavy atom. The number of ether oxygens (including phenoxy) is 2. The fourth-order valence-corrected chi connectivity index (χ4v) is 5.04. The van der Waals surface area contributed by atoms with E-state index in [0.717, 1.165) is 41.1 Å². The number of nitrogens with one attached hydrogen (secondary N) is 1. The van der Waals surface area contributed by atoms with Crippen LogP contribution in [0.3, 0.4) is 0 Å². The van der Waals surface area contributed by atoms with E-state index in [1.165, 1.54) is 23.5 Å². The van der Waals surface area contributed by atoms with Crippen LogP contribution in [0, 0.1) is 11.7 Å². The molecule has 0 aliphatic carbocycles. The molecule has 1 fully saturated rings. The van der Waals surface area contributed by atoms with E-state index in [-0.39, 0.29) is 30.4 Å². The zero-order valence-electron chi connectivity index (χ0n) is 24.1. The maximum absolute atomic E-state index is 12.5. The number of aliphatic carboxylic acids is 1. The molecular formula is C29H40BrFN4O5S. The second kappa shape index (κ2) is 18.7. The number of carbonyl (C=O) groups excluding carboxylic acids is 1. The maximum atomic E-state index is 12.5. The lowest BCUT2D eigenvalue weighted by Gasteiger charge is -2.34. The van der Waals surface area contributed by atoms with Crippen LogP contribution < -0.4 is 5.32 Å². The molecule has 1 saturated heterocycles. The summed E-state index contributed by atoms with van der Waals surface area (Å²) in [6.07, 6.45) is 4.05. The van der Waals surface area contributed by atoms with Crippen molar-refractivity contribution in [1.29, 1.82) is 0 Å². The number of hydrogen-bond donors (Lipinski definition) is 2. The lowest BCUT2D eigenvalue weighted by atomic mass is 10.0. The van der Waals surface area contributed by atoms with Crippen LogP contribution in [0.4, 0.5) is 4.39 Å². The summed E-state index contributed by atoms with van der Waals surface area (Å²) in [5, 5.41) is 15.0. The number of carbonyl (C=O) groups is 2. The number of amidine groups is 1. The predicted octanol–water partition coefficient (Wildman–Crippen LogP) is 5.52. The summed E-state index contributed by atoms with van der Waals surface area (Å²) in [6, 6.07) is 6.26. The molecule has 2 atom stereocenters. The SMILES string of the molecule is CC.CCOC(=O)C1=C(CN2CCO[C@H](CCCC(C)C(=O)O)C2)NC(c2nccs2)=NC1.Fc1cccc(Br)c1. The van der Waals surface area contributed by atoms with Gasteiger partial charge in [-0.05, 0) is 44.4 Å². The third kappa shape index (κ3) is 12.0. The van der Waals surface area contributed by atoms with Gasteiger partial charge in [-0.2, -0.15) is 0 Å². The van der Waals surface area contributed by atoms with Gasteiger partial charge >= 0.3 is 11.9 Å². The number of esters is 1. The normalized spacial score (nSPS) is 17.6. The topological polar surface area (TPSA) is 113 Å². The van der Waals surface area contributed by atoms with Crippen molar-refractivity contribution in [2.24, 2.45) is 10.9 Å². The van der Waals surface area contributed by atoms with Crippen molar-refractivity contribution in [2.75, 3.05) is 39.4 Å². The predicted molar refractivity (Wildman–Crippen MR) is 163 cm³/mol. The highest BCUT2D eigenvalue weighted by Crippen LogP contribution is 2.19. The molecule has 0 saturated carbocycles. The smallest absolute Gasteiger partial charge is 0.337 e. The summed E-state index contributed by atoms with van der Waals surface area (Å²) in [5.41, 5.74) is 1.33. The first kappa shape index (κ1) is 34.5. The molecule has 1 unspecified atom stereocenters. The van der Waals surface area contributed by atoms with Crippen LogP contribution in [0.25, 0.3) is 0 Å². The third-order valence-electron chi connectivity index (χ3n) is 6.16. The van der Waals surface area contributed by atoms with Crippen molar-refractivity contribution in [3.05, 3.63) is 62.4 Å². The van der Waals surface area contributed by atoms with Crippen LogP contribution >= 0.6 is 27.3 Å². The number of aromatic nitrogens is 1. The number of benzene rings is 1. The molecule has 2 N–H and O–H groups in total. The molecule has 2 aliphatic heterocycles. The average molecular weight is 656 g/mol. The Labute approximate surface area is 254 Å². The highest BCUT2D eigenvalue weighted by Gasteiger charge is 2.27. The van der Waals surface area contributed by atoms with Gasteiger partial charge in [0.1, 0.15) is 5.82 Å². The summed E-state index contributed by atoms with van der Waals surface area (Å²) in [6.45, 7) is 10.7. The van der Waals surface area contributed by atoms with E-state index in [4.69, 9.17) is 14.6 Å². The van der Waals surface area contributed by atoms with Crippen molar-refractivity contribution >= 4 is 45.0 Å². The van der Waals surface area contributed by atoms with Gasteiger partial charge in [-0.15, -0.1) is 11.3 Å². The highest BCUT2D eigenvalue weighted by molar-refractivity contribution is 9.10. The summed E-state index contributed by atoms with van der Waals surface area (Å²) in [7, 11) is 0. The van der Waals surface area contributed by atoms with Crippen LogP contribution in [0.1, 0.15) is 52.0 Å².